The summed E-state index contributed by atoms with van der Waals surface area (Å²) in [6, 6.07) is 15.6. The third-order valence-electron chi connectivity index (χ3n) is 5.18. The summed E-state index contributed by atoms with van der Waals surface area (Å²) < 4.78 is 5.15. The van der Waals surface area contributed by atoms with Crippen LogP contribution in [0.5, 0.6) is 0 Å². The van der Waals surface area contributed by atoms with Crippen LogP contribution < -0.4 is 0 Å². The molecule has 0 bridgehead atoms. The molecular weight excluding hydrogens is 364 g/mol. The summed E-state index contributed by atoms with van der Waals surface area (Å²) in [6.07, 6.45) is 0.657. The second kappa shape index (κ2) is 9.55. The number of benzene rings is 2. The van der Waals surface area contributed by atoms with Crippen molar-refractivity contribution in [3.8, 4) is 0 Å². The lowest BCUT2D eigenvalue weighted by Gasteiger charge is -2.23. The zero-order valence-electron chi connectivity index (χ0n) is 18.2. The van der Waals surface area contributed by atoms with Gasteiger partial charge in [-0.3, -0.25) is 4.79 Å². The Labute approximate surface area is 174 Å². The van der Waals surface area contributed by atoms with E-state index in [1.165, 1.54) is 0 Å². The van der Waals surface area contributed by atoms with Gasteiger partial charge in [-0.2, -0.15) is 0 Å². The summed E-state index contributed by atoms with van der Waals surface area (Å²) in [4.78, 5) is 12.1. The summed E-state index contributed by atoms with van der Waals surface area (Å²) in [6.45, 7) is 10.1. The topological polar surface area (TPSA) is 66.8 Å². The molecule has 0 heterocycles. The highest BCUT2D eigenvalue weighted by molar-refractivity contribution is 5.76. The lowest BCUT2D eigenvalue weighted by molar-refractivity contribution is -0.153. The number of aliphatic hydroxyl groups excluding tert-OH is 2. The smallest absolute Gasteiger partial charge is 0.311 e. The second-order valence-corrected chi connectivity index (χ2v) is 9.17. The van der Waals surface area contributed by atoms with E-state index >= 15 is 0 Å². The molecule has 0 aliphatic rings. The molecule has 2 aromatic rings. The largest absolute Gasteiger partial charge is 0.466 e. The minimum Gasteiger partial charge on any atom is -0.466 e. The fourth-order valence-corrected chi connectivity index (χ4v) is 3.35. The lowest BCUT2D eigenvalue weighted by atomic mass is 9.85. The van der Waals surface area contributed by atoms with Gasteiger partial charge in [0, 0.05) is 6.61 Å². The summed E-state index contributed by atoms with van der Waals surface area (Å²) in [5.74, 6) is -0.200. The molecule has 29 heavy (non-hydrogen) atoms. The maximum Gasteiger partial charge on any atom is 0.311 e. The van der Waals surface area contributed by atoms with Crippen LogP contribution in [0.15, 0.2) is 48.5 Å². The molecule has 2 aromatic carbocycles. The van der Waals surface area contributed by atoms with Crippen LogP contribution in [0.25, 0.3) is 0 Å². The molecule has 1 atom stereocenters. The van der Waals surface area contributed by atoms with E-state index in [1.807, 2.05) is 83.1 Å². The average molecular weight is 399 g/mol. The first-order valence-corrected chi connectivity index (χ1v) is 10.2. The third kappa shape index (κ3) is 6.41. The molecule has 0 saturated heterocycles. The first kappa shape index (κ1) is 23.1. The van der Waals surface area contributed by atoms with E-state index in [0.717, 1.165) is 28.7 Å². The second-order valence-electron chi connectivity index (χ2n) is 9.17. The fourth-order valence-electron chi connectivity index (χ4n) is 3.35. The third-order valence-corrected chi connectivity index (χ3v) is 5.18. The van der Waals surface area contributed by atoms with Crippen molar-refractivity contribution in [1.29, 1.82) is 0 Å². The maximum atomic E-state index is 12.1. The normalized spacial score (nSPS) is 13.2. The number of hydrogen-bond acceptors (Lipinski definition) is 4. The van der Waals surface area contributed by atoms with Gasteiger partial charge < -0.3 is 14.9 Å². The van der Waals surface area contributed by atoms with Crippen molar-refractivity contribution in [3.05, 3.63) is 70.8 Å². The molecule has 158 valence electrons. The zero-order valence-corrected chi connectivity index (χ0v) is 18.2. The molecule has 0 aliphatic heterocycles. The number of hydrogen-bond donors (Lipinski definition) is 2. The molecular formula is C25H34O4. The van der Waals surface area contributed by atoms with Crippen LogP contribution in [0.1, 0.15) is 63.0 Å². The van der Waals surface area contributed by atoms with Crippen LogP contribution >= 0.6 is 0 Å². The van der Waals surface area contributed by atoms with Gasteiger partial charge in [0.1, 0.15) is 6.10 Å². The Morgan fingerprint density at radius 1 is 0.897 bits per heavy atom. The first-order chi connectivity index (χ1) is 13.6. The molecule has 0 saturated carbocycles. The van der Waals surface area contributed by atoms with E-state index < -0.39 is 11.5 Å². The van der Waals surface area contributed by atoms with Gasteiger partial charge in [-0.25, -0.2) is 0 Å². The Kier molecular flexibility index (Phi) is 7.61. The summed E-state index contributed by atoms with van der Waals surface area (Å²) in [5.41, 5.74) is 3.06. The SMILES string of the molecule is CCOC(=O)C(C)(C)Cc1ccc(C(O)c2ccc(CC(C)(C)CO)cc2)cc1. The number of esters is 1. The van der Waals surface area contributed by atoms with Crippen LogP contribution in [0.2, 0.25) is 0 Å². The first-order valence-electron chi connectivity index (χ1n) is 10.2. The summed E-state index contributed by atoms with van der Waals surface area (Å²) in [5, 5.41) is 20.2. The zero-order chi connectivity index (χ0) is 21.7. The molecule has 0 aromatic heterocycles. The van der Waals surface area contributed by atoms with Gasteiger partial charge >= 0.3 is 5.97 Å². The molecule has 4 heteroatoms. The van der Waals surface area contributed by atoms with Gasteiger partial charge in [0.25, 0.3) is 0 Å². The van der Waals surface area contributed by atoms with E-state index in [2.05, 4.69) is 0 Å². The lowest BCUT2D eigenvalue weighted by Crippen LogP contribution is -2.29. The monoisotopic (exact) mass is 398 g/mol. The van der Waals surface area contributed by atoms with Crippen molar-refractivity contribution in [2.75, 3.05) is 13.2 Å². The van der Waals surface area contributed by atoms with Crippen LogP contribution in [-0.2, 0) is 22.4 Å². The van der Waals surface area contributed by atoms with Gasteiger partial charge in [0.05, 0.1) is 12.0 Å². The quantitative estimate of drug-likeness (QED) is 0.612. The van der Waals surface area contributed by atoms with Crippen molar-refractivity contribution in [3.63, 3.8) is 0 Å². The van der Waals surface area contributed by atoms with Crippen LogP contribution in [0, 0.1) is 10.8 Å². The van der Waals surface area contributed by atoms with Crippen molar-refractivity contribution in [2.45, 2.75) is 53.6 Å². The molecule has 0 spiro atoms. The molecule has 1 unspecified atom stereocenters. The standard InChI is InChI=1S/C25H34O4/c1-6-29-23(28)25(4,5)16-19-9-13-21(14-10-19)22(27)20-11-7-18(8-12-20)15-24(2,3)17-26/h7-14,22,26-27H,6,15-17H2,1-5H3. The van der Waals surface area contributed by atoms with E-state index in [0.29, 0.717) is 13.0 Å². The van der Waals surface area contributed by atoms with E-state index in [9.17, 15) is 15.0 Å². The highest BCUT2D eigenvalue weighted by Gasteiger charge is 2.29. The Hall–Kier alpha value is -2.17. The molecule has 0 amide bonds. The fraction of sp³-hybridized carbons (Fsp3) is 0.480. The van der Waals surface area contributed by atoms with E-state index in [4.69, 9.17) is 4.74 Å². The minimum atomic E-state index is -0.706. The van der Waals surface area contributed by atoms with Crippen molar-refractivity contribution in [2.24, 2.45) is 10.8 Å². The summed E-state index contributed by atoms with van der Waals surface area (Å²) >= 11 is 0. The highest BCUT2D eigenvalue weighted by Crippen LogP contribution is 2.28. The van der Waals surface area contributed by atoms with Gasteiger partial charge in [-0.1, -0.05) is 62.4 Å². The van der Waals surface area contributed by atoms with Gasteiger partial charge in [-0.05, 0) is 61.3 Å². The molecule has 0 radical (unpaired) electrons. The summed E-state index contributed by atoms with van der Waals surface area (Å²) in [7, 11) is 0. The van der Waals surface area contributed by atoms with Crippen LogP contribution in [0.3, 0.4) is 0 Å². The van der Waals surface area contributed by atoms with Gasteiger partial charge in [-0.15, -0.1) is 0 Å². The number of carbonyl (C=O) groups excluding carboxylic acids is 1. The Bertz CT molecular complexity index is 789. The van der Waals surface area contributed by atoms with Crippen molar-refractivity contribution >= 4 is 5.97 Å². The molecule has 2 N–H and O–H groups in total. The van der Waals surface area contributed by atoms with Crippen molar-refractivity contribution < 1.29 is 19.7 Å². The Morgan fingerprint density at radius 3 is 1.76 bits per heavy atom. The van der Waals surface area contributed by atoms with E-state index in [1.54, 1.807) is 0 Å². The highest BCUT2D eigenvalue weighted by atomic mass is 16.5. The Balaban J connectivity index is 2.06. The predicted molar refractivity (Wildman–Crippen MR) is 116 cm³/mol. The number of ether oxygens (including phenoxy) is 1. The average Bonchev–Trinajstić information content (AvgIpc) is 2.68. The number of rotatable bonds is 9. The van der Waals surface area contributed by atoms with Gasteiger partial charge in [0.15, 0.2) is 0 Å². The number of aliphatic hydroxyl groups is 2. The minimum absolute atomic E-state index is 0.136. The molecule has 0 fully saturated rings. The molecule has 4 nitrogen and oxygen atoms in total. The maximum absolute atomic E-state index is 12.1. The predicted octanol–water partition coefficient (Wildman–Crippen LogP) is 4.46. The van der Waals surface area contributed by atoms with E-state index in [-0.39, 0.29) is 18.0 Å². The molecule has 2 rings (SSSR count). The molecule has 0 aliphatic carbocycles. The van der Waals surface area contributed by atoms with Crippen LogP contribution in [0.4, 0.5) is 0 Å². The van der Waals surface area contributed by atoms with Crippen molar-refractivity contribution in [1.82, 2.24) is 0 Å². The number of carbonyl (C=O) groups is 1. The Morgan fingerprint density at radius 2 is 1.34 bits per heavy atom. The van der Waals surface area contributed by atoms with Gasteiger partial charge in [0.2, 0.25) is 0 Å². The van der Waals surface area contributed by atoms with Crippen LogP contribution in [-0.4, -0.2) is 29.4 Å².